The van der Waals surface area contributed by atoms with Gasteiger partial charge in [0.1, 0.15) is 0 Å². The SMILES string of the molecule is C=C(C)N=C/C=C(\N)OCC(F)(F)F. The Kier molecular flexibility index (Phi) is 4.76. The topological polar surface area (TPSA) is 47.6 Å². The molecule has 0 heterocycles. The molecule has 14 heavy (non-hydrogen) atoms. The van der Waals surface area contributed by atoms with Crippen LogP contribution in [0, 0.1) is 0 Å². The Morgan fingerprint density at radius 1 is 1.57 bits per heavy atom. The van der Waals surface area contributed by atoms with Crippen LogP contribution in [0.25, 0.3) is 0 Å². The molecule has 0 atom stereocenters. The van der Waals surface area contributed by atoms with Gasteiger partial charge in [0.15, 0.2) is 12.5 Å². The minimum atomic E-state index is -4.38. The van der Waals surface area contributed by atoms with Crippen LogP contribution in [0.5, 0.6) is 0 Å². The maximum atomic E-state index is 11.6. The Bertz CT molecular complexity index is 256. The molecule has 0 aromatic heterocycles. The molecule has 2 N–H and O–H groups in total. The normalized spacial score (nSPS) is 13.3. The van der Waals surface area contributed by atoms with Gasteiger partial charge in [0.2, 0.25) is 0 Å². The van der Waals surface area contributed by atoms with Gasteiger partial charge in [0.05, 0.1) is 0 Å². The van der Waals surface area contributed by atoms with E-state index in [4.69, 9.17) is 5.73 Å². The van der Waals surface area contributed by atoms with Gasteiger partial charge in [0, 0.05) is 18.0 Å². The standard InChI is InChI=1S/C8H11F3N2O/c1-6(2)13-4-3-7(12)14-5-8(9,10)11/h3-4H,1,5,12H2,2H3/b7-3+,13-4?. The van der Waals surface area contributed by atoms with Crippen molar-refractivity contribution in [2.24, 2.45) is 10.7 Å². The number of rotatable bonds is 4. The molecule has 0 bridgehead atoms. The zero-order valence-electron chi connectivity index (χ0n) is 7.64. The van der Waals surface area contributed by atoms with Crippen LogP contribution < -0.4 is 5.73 Å². The first kappa shape index (κ1) is 12.5. The average Bonchev–Trinajstić information content (AvgIpc) is 1.99. The third kappa shape index (κ3) is 8.63. The van der Waals surface area contributed by atoms with Crippen molar-refractivity contribution in [1.29, 1.82) is 0 Å². The maximum absolute atomic E-state index is 11.6. The number of allylic oxidation sites excluding steroid dienone is 2. The Labute approximate surface area is 79.8 Å². The minimum Gasteiger partial charge on any atom is -0.470 e. The lowest BCUT2D eigenvalue weighted by molar-refractivity contribution is -0.165. The van der Waals surface area contributed by atoms with Crippen molar-refractivity contribution >= 4 is 6.21 Å². The highest BCUT2D eigenvalue weighted by Crippen LogP contribution is 2.15. The number of aliphatic imine (C=N–C) groups is 1. The Morgan fingerprint density at radius 3 is 2.57 bits per heavy atom. The molecular formula is C8H11F3N2O. The lowest BCUT2D eigenvalue weighted by Gasteiger charge is -2.07. The summed E-state index contributed by atoms with van der Waals surface area (Å²) >= 11 is 0. The first-order valence-corrected chi connectivity index (χ1v) is 3.66. The molecule has 0 radical (unpaired) electrons. The summed E-state index contributed by atoms with van der Waals surface area (Å²) in [5.41, 5.74) is 5.60. The van der Waals surface area contributed by atoms with Gasteiger partial charge in [-0.25, -0.2) is 0 Å². The van der Waals surface area contributed by atoms with Crippen LogP contribution in [-0.4, -0.2) is 19.0 Å². The highest BCUT2D eigenvalue weighted by molar-refractivity contribution is 5.72. The number of ether oxygens (including phenoxy) is 1. The van der Waals surface area contributed by atoms with Crippen LogP contribution in [0.15, 0.2) is 29.2 Å². The first-order valence-electron chi connectivity index (χ1n) is 3.66. The summed E-state index contributed by atoms with van der Waals surface area (Å²) in [6.45, 7) is 3.68. The van der Waals surface area contributed by atoms with E-state index in [1.54, 1.807) is 6.92 Å². The van der Waals surface area contributed by atoms with Crippen molar-refractivity contribution < 1.29 is 17.9 Å². The third-order valence-corrected chi connectivity index (χ3v) is 0.936. The van der Waals surface area contributed by atoms with E-state index < -0.39 is 12.8 Å². The number of alkyl halides is 3. The Balaban J connectivity index is 3.96. The Hall–Kier alpha value is -1.46. The zero-order chi connectivity index (χ0) is 11.2. The molecule has 6 heteroatoms. The minimum absolute atomic E-state index is 0.340. The molecule has 0 aliphatic rings. The van der Waals surface area contributed by atoms with E-state index in [0.717, 1.165) is 6.08 Å². The highest BCUT2D eigenvalue weighted by Gasteiger charge is 2.28. The van der Waals surface area contributed by atoms with Crippen molar-refractivity contribution in [3.05, 3.63) is 24.2 Å². The van der Waals surface area contributed by atoms with Crippen LogP contribution in [0.1, 0.15) is 6.92 Å². The molecule has 0 saturated carbocycles. The quantitative estimate of drug-likeness (QED) is 0.567. The zero-order valence-corrected chi connectivity index (χ0v) is 7.64. The molecule has 3 nitrogen and oxygen atoms in total. The van der Waals surface area contributed by atoms with E-state index in [2.05, 4.69) is 16.3 Å². The third-order valence-electron chi connectivity index (χ3n) is 0.936. The summed E-state index contributed by atoms with van der Waals surface area (Å²) < 4.78 is 39.0. The highest BCUT2D eigenvalue weighted by atomic mass is 19.4. The summed E-state index contributed by atoms with van der Waals surface area (Å²) in [6, 6.07) is 0. The van der Waals surface area contributed by atoms with Crippen molar-refractivity contribution in [3.8, 4) is 0 Å². The Morgan fingerprint density at radius 2 is 2.14 bits per heavy atom. The number of hydrogen-bond acceptors (Lipinski definition) is 3. The van der Waals surface area contributed by atoms with E-state index in [9.17, 15) is 13.2 Å². The second-order valence-electron chi connectivity index (χ2n) is 2.49. The molecule has 0 rings (SSSR count). The molecule has 0 aromatic rings. The van der Waals surface area contributed by atoms with Crippen molar-refractivity contribution in [1.82, 2.24) is 0 Å². The van der Waals surface area contributed by atoms with E-state index >= 15 is 0 Å². The molecule has 0 unspecified atom stereocenters. The molecule has 0 aromatic carbocycles. The molecule has 0 saturated heterocycles. The van der Waals surface area contributed by atoms with Gasteiger partial charge in [-0.05, 0) is 6.92 Å². The summed E-state index contributed by atoms with van der Waals surface area (Å²) in [5, 5.41) is 0. The second kappa shape index (κ2) is 5.31. The van der Waals surface area contributed by atoms with Crippen LogP contribution >= 0.6 is 0 Å². The molecule has 0 aliphatic carbocycles. The fourth-order valence-electron chi connectivity index (χ4n) is 0.451. The van der Waals surface area contributed by atoms with E-state index in [1.807, 2.05) is 0 Å². The molecule has 0 fully saturated rings. The summed E-state index contributed by atoms with van der Waals surface area (Å²) in [6.07, 6.45) is -2.04. The monoisotopic (exact) mass is 208 g/mol. The lowest BCUT2D eigenvalue weighted by atomic mass is 10.5. The summed E-state index contributed by atoms with van der Waals surface area (Å²) in [7, 11) is 0. The summed E-state index contributed by atoms with van der Waals surface area (Å²) in [5.74, 6) is -0.340. The predicted octanol–water partition coefficient (Wildman–Crippen LogP) is 1.97. The van der Waals surface area contributed by atoms with Crippen molar-refractivity contribution in [2.75, 3.05) is 6.61 Å². The average molecular weight is 208 g/mol. The number of nitrogens with two attached hydrogens (primary N) is 1. The van der Waals surface area contributed by atoms with E-state index in [0.29, 0.717) is 5.70 Å². The molecule has 0 amide bonds. The van der Waals surface area contributed by atoms with Crippen LogP contribution in [-0.2, 0) is 4.74 Å². The molecule has 80 valence electrons. The van der Waals surface area contributed by atoms with Gasteiger partial charge in [0.25, 0.3) is 0 Å². The van der Waals surface area contributed by atoms with Crippen LogP contribution in [0.4, 0.5) is 13.2 Å². The van der Waals surface area contributed by atoms with Gasteiger partial charge < -0.3 is 10.5 Å². The van der Waals surface area contributed by atoms with Gasteiger partial charge in [-0.1, -0.05) is 6.58 Å². The molecular weight excluding hydrogens is 197 g/mol. The summed E-state index contributed by atoms with van der Waals surface area (Å²) in [4.78, 5) is 3.67. The van der Waals surface area contributed by atoms with Gasteiger partial charge in [-0.3, -0.25) is 4.99 Å². The fourth-order valence-corrected chi connectivity index (χ4v) is 0.451. The fraction of sp³-hybridized carbons (Fsp3) is 0.375. The molecule has 0 spiro atoms. The van der Waals surface area contributed by atoms with E-state index in [-0.39, 0.29) is 5.88 Å². The largest absolute Gasteiger partial charge is 0.470 e. The number of halogens is 3. The lowest BCUT2D eigenvalue weighted by Crippen LogP contribution is -2.19. The van der Waals surface area contributed by atoms with Gasteiger partial charge in [-0.15, -0.1) is 0 Å². The van der Waals surface area contributed by atoms with Crippen LogP contribution in [0.3, 0.4) is 0 Å². The van der Waals surface area contributed by atoms with Crippen molar-refractivity contribution in [2.45, 2.75) is 13.1 Å². The first-order chi connectivity index (χ1) is 6.31. The van der Waals surface area contributed by atoms with E-state index in [1.165, 1.54) is 6.21 Å². The number of hydrogen-bond donors (Lipinski definition) is 1. The smallest absolute Gasteiger partial charge is 0.422 e. The van der Waals surface area contributed by atoms with Crippen molar-refractivity contribution in [3.63, 3.8) is 0 Å². The van der Waals surface area contributed by atoms with Gasteiger partial charge >= 0.3 is 6.18 Å². The predicted molar refractivity (Wildman–Crippen MR) is 47.6 cm³/mol. The van der Waals surface area contributed by atoms with Gasteiger partial charge in [-0.2, -0.15) is 13.2 Å². The maximum Gasteiger partial charge on any atom is 0.422 e. The second-order valence-corrected chi connectivity index (χ2v) is 2.49. The number of nitrogens with zero attached hydrogens (tertiary/aromatic N) is 1. The molecule has 0 aliphatic heterocycles. The van der Waals surface area contributed by atoms with Crippen LogP contribution in [0.2, 0.25) is 0 Å².